The van der Waals surface area contributed by atoms with E-state index in [9.17, 15) is 0 Å². The summed E-state index contributed by atoms with van der Waals surface area (Å²) in [6, 6.07) is 0. The zero-order chi connectivity index (χ0) is 10.9. The Balaban J connectivity index is 2.32. The second kappa shape index (κ2) is 4.44. The summed E-state index contributed by atoms with van der Waals surface area (Å²) in [6.45, 7) is 4.27. The van der Waals surface area contributed by atoms with E-state index in [2.05, 4.69) is 26.2 Å². The molecule has 1 unspecified atom stereocenters. The highest BCUT2D eigenvalue weighted by Gasteiger charge is 2.35. The second-order valence-electron chi connectivity index (χ2n) is 4.15. The van der Waals surface area contributed by atoms with Crippen molar-refractivity contribution in [2.24, 2.45) is 0 Å². The fraction of sp³-hybridized carbons (Fsp3) is 0.727. The molecule has 0 spiro atoms. The summed E-state index contributed by atoms with van der Waals surface area (Å²) in [5.74, 6) is 2.46. The van der Waals surface area contributed by atoms with Crippen LogP contribution in [0.4, 0.5) is 0 Å². The predicted molar refractivity (Wildman–Crippen MR) is 68.9 cm³/mol. The van der Waals surface area contributed by atoms with Gasteiger partial charge in [0.25, 0.3) is 0 Å². The molecule has 1 aliphatic heterocycles. The van der Waals surface area contributed by atoms with E-state index < -0.39 is 0 Å². The summed E-state index contributed by atoms with van der Waals surface area (Å²) in [4.78, 5) is 6.08. The van der Waals surface area contributed by atoms with Crippen molar-refractivity contribution in [2.75, 3.05) is 18.6 Å². The van der Waals surface area contributed by atoms with Crippen LogP contribution in [0.5, 0.6) is 0 Å². The Kier molecular flexibility index (Phi) is 3.38. The molecule has 0 aliphatic carbocycles. The molecule has 4 heteroatoms. The van der Waals surface area contributed by atoms with Gasteiger partial charge in [0.15, 0.2) is 0 Å². The number of nitrogens with zero attached hydrogens (tertiary/aromatic N) is 1. The molecule has 1 saturated heterocycles. The van der Waals surface area contributed by atoms with E-state index in [1.807, 2.05) is 23.1 Å². The zero-order valence-corrected chi connectivity index (χ0v) is 11.2. The number of hydrogen-bond acceptors (Lipinski definition) is 4. The van der Waals surface area contributed by atoms with Gasteiger partial charge in [-0.05, 0) is 39.5 Å². The molecule has 2 nitrogen and oxygen atoms in total. The minimum Gasteiger partial charge on any atom is -0.308 e. The summed E-state index contributed by atoms with van der Waals surface area (Å²) in [5, 5.41) is 4.79. The number of rotatable bonds is 2. The van der Waals surface area contributed by atoms with Gasteiger partial charge in [-0.2, -0.15) is 11.8 Å². The molecule has 84 valence electrons. The van der Waals surface area contributed by atoms with Gasteiger partial charge in [-0.3, -0.25) is 0 Å². The standard InChI is InChI=1S/C11H18N2S2/c1-8-9(2)15-10(13-8)11(12-3)5-4-6-14-7-11/h12H,4-7H2,1-3H3. The maximum Gasteiger partial charge on any atom is 0.114 e. The van der Waals surface area contributed by atoms with Crippen LogP contribution >= 0.6 is 23.1 Å². The lowest BCUT2D eigenvalue weighted by Crippen LogP contribution is -2.44. The van der Waals surface area contributed by atoms with E-state index in [0.29, 0.717) is 0 Å². The van der Waals surface area contributed by atoms with E-state index in [1.54, 1.807) is 0 Å². The molecular weight excluding hydrogens is 224 g/mol. The summed E-state index contributed by atoms with van der Waals surface area (Å²) in [6.07, 6.45) is 2.52. The topological polar surface area (TPSA) is 24.9 Å². The van der Waals surface area contributed by atoms with Gasteiger partial charge in [0.1, 0.15) is 5.01 Å². The van der Waals surface area contributed by atoms with Gasteiger partial charge in [-0.15, -0.1) is 11.3 Å². The van der Waals surface area contributed by atoms with Gasteiger partial charge in [-0.1, -0.05) is 0 Å². The highest BCUT2D eigenvalue weighted by atomic mass is 32.2. The predicted octanol–water partition coefficient (Wildman–Crippen LogP) is 2.70. The van der Waals surface area contributed by atoms with Crippen LogP contribution in [0.25, 0.3) is 0 Å². The summed E-state index contributed by atoms with van der Waals surface area (Å²) in [5.41, 5.74) is 1.34. The van der Waals surface area contributed by atoms with Crippen LogP contribution in [0.1, 0.15) is 28.4 Å². The van der Waals surface area contributed by atoms with Gasteiger partial charge in [-0.25, -0.2) is 4.98 Å². The van der Waals surface area contributed by atoms with Crippen molar-refractivity contribution in [3.8, 4) is 0 Å². The van der Waals surface area contributed by atoms with Crippen LogP contribution in [0, 0.1) is 13.8 Å². The molecule has 1 aliphatic rings. The number of hydrogen-bond donors (Lipinski definition) is 1. The lowest BCUT2D eigenvalue weighted by Gasteiger charge is -2.34. The quantitative estimate of drug-likeness (QED) is 0.863. The van der Waals surface area contributed by atoms with E-state index >= 15 is 0 Å². The Labute approximate surface area is 99.9 Å². The molecule has 0 radical (unpaired) electrons. The van der Waals surface area contributed by atoms with Gasteiger partial charge < -0.3 is 5.32 Å². The van der Waals surface area contributed by atoms with Crippen molar-refractivity contribution in [1.82, 2.24) is 10.3 Å². The van der Waals surface area contributed by atoms with Gasteiger partial charge in [0.2, 0.25) is 0 Å². The molecule has 0 bridgehead atoms. The van der Waals surface area contributed by atoms with Crippen molar-refractivity contribution in [2.45, 2.75) is 32.2 Å². The summed E-state index contributed by atoms with van der Waals surface area (Å²) >= 11 is 3.90. The first-order valence-corrected chi connectivity index (χ1v) is 7.36. The fourth-order valence-electron chi connectivity index (χ4n) is 1.94. The van der Waals surface area contributed by atoms with Crippen LogP contribution in [-0.2, 0) is 5.54 Å². The largest absolute Gasteiger partial charge is 0.308 e. The maximum atomic E-state index is 4.72. The summed E-state index contributed by atoms with van der Waals surface area (Å²) in [7, 11) is 2.07. The monoisotopic (exact) mass is 242 g/mol. The smallest absolute Gasteiger partial charge is 0.114 e. The van der Waals surface area contributed by atoms with E-state index in [0.717, 1.165) is 5.75 Å². The van der Waals surface area contributed by atoms with Gasteiger partial charge >= 0.3 is 0 Å². The van der Waals surface area contributed by atoms with Crippen molar-refractivity contribution < 1.29 is 0 Å². The van der Waals surface area contributed by atoms with Crippen molar-refractivity contribution >= 4 is 23.1 Å². The number of aromatic nitrogens is 1. The van der Waals surface area contributed by atoms with Crippen LogP contribution in [-0.4, -0.2) is 23.5 Å². The number of thiazole rings is 1. The molecule has 2 heterocycles. The zero-order valence-electron chi connectivity index (χ0n) is 9.59. The average molecular weight is 242 g/mol. The Morgan fingerprint density at radius 1 is 1.40 bits per heavy atom. The van der Waals surface area contributed by atoms with Crippen molar-refractivity contribution in [3.05, 3.63) is 15.6 Å². The fourth-order valence-corrected chi connectivity index (χ4v) is 4.44. The molecule has 1 fully saturated rings. The SMILES string of the molecule is CNC1(c2nc(C)c(C)s2)CCCSC1. The Bertz CT molecular complexity index is 321. The third-order valence-corrected chi connectivity index (χ3v) is 5.71. The summed E-state index contributed by atoms with van der Waals surface area (Å²) < 4.78 is 0. The van der Waals surface area contributed by atoms with Crippen molar-refractivity contribution in [1.29, 1.82) is 0 Å². The first-order valence-electron chi connectivity index (χ1n) is 5.39. The number of thioether (sulfide) groups is 1. The first kappa shape index (κ1) is 11.4. The van der Waals surface area contributed by atoms with Crippen LogP contribution in [0.15, 0.2) is 0 Å². The molecule has 0 amide bonds. The highest BCUT2D eigenvalue weighted by Crippen LogP contribution is 2.37. The van der Waals surface area contributed by atoms with Crippen LogP contribution in [0.2, 0.25) is 0 Å². The Hall–Kier alpha value is -0.0600. The number of nitrogens with one attached hydrogen (secondary N) is 1. The van der Waals surface area contributed by atoms with Gasteiger partial charge in [0, 0.05) is 10.6 Å². The maximum absolute atomic E-state index is 4.72. The molecule has 0 saturated carbocycles. The Morgan fingerprint density at radius 3 is 2.67 bits per heavy atom. The molecule has 1 atom stereocenters. The lowest BCUT2D eigenvalue weighted by molar-refractivity contribution is 0.364. The molecule has 1 aromatic rings. The third kappa shape index (κ3) is 2.08. The molecule has 1 N–H and O–H groups in total. The van der Waals surface area contributed by atoms with E-state index in [1.165, 1.54) is 34.2 Å². The lowest BCUT2D eigenvalue weighted by atomic mass is 9.96. The third-order valence-electron chi connectivity index (χ3n) is 3.16. The average Bonchev–Trinajstić information content (AvgIpc) is 2.61. The Morgan fingerprint density at radius 2 is 2.20 bits per heavy atom. The highest BCUT2D eigenvalue weighted by molar-refractivity contribution is 7.99. The van der Waals surface area contributed by atoms with Gasteiger partial charge in [0.05, 0.1) is 11.2 Å². The van der Waals surface area contributed by atoms with E-state index in [-0.39, 0.29) is 5.54 Å². The van der Waals surface area contributed by atoms with E-state index in [4.69, 9.17) is 4.98 Å². The minimum absolute atomic E-state index is 0.145. The normalized spacial score (nSPS) is 26.9. The first-order chi connectivity index (χ1) is 7.18. The molecule has 0 aromatic carbocycles. The van der Waals surface area contributed by atoms with Crippen molar-refractivity contribution in [3.63, 3.8) is 0 Å². The minimum atomic E-state index is 0.145. The number of aryl methyl sites for hydroxylation is 2. The molecule has 2 rings (SSSR count). The molecule has 1 aromatic heterocycles. The second-order valence-corrected chi connectivity index (χ2v) is 6.46. The van der Waals surface area contributed by atoms with Crippen LogP contribution in [0.3, 0.4) is 0 Å². The van der Waals surface area contributed by atoms with Crippen LogP contribution < -0.4 is 5.32 Å². The molecular formula is C11H18N2S2. The molecule has 15 heavy (non-hydrogen) atoms.